The van der Waals surface area contributed by atoms with E-state index in [0.29, 0.717) is 25.1 Å². The molecule has 0 spiro atoms. The van der Waals surface area contributed by atoms with Crippen molar-refractivity contribution in [3.8, 4) is 17.4 Å². The van der Waals surface area contributed by atoms with Crippen LogP contribution in [0.1, 0.15) is 36.8 Å². The minimum Gasteiger partial charge on any atom is -0.474 e. The summed E-state index contributed by atoms with van der Waals surface area (Å²) in [6.07, 6.45) is 6.85. The van der Waals surface area contributed by atoms with Crippen LogP contribution in [0.5, 0.6) is 17.4 Å². The number of hydrogen-bond acceptors (Lipinski definition) is 5. The lowest BCUT2D eigenvalue weighted by Crippen LogP contribution is -2.36. The van der Waals surface area contributed by atoms with Crippen LogP contribution in [0.25, 0.3) is 0 Å². The summed E-state index contributed by atoms with van der Waals surface area (Å²) in [5.74, 6) is 3.01. The molecule has 1 aliphatic heterocycles. The number of guanidine groups is 1. The lowest BCUT2D eigenvalue weighted by molar-refractivity contribution is 0.174. The first-order chi connectivity index (χ1) is 13.8. The molecule has 2 heterocycles. The Morgan fingerprint density at radius 3 is 2.55 bits per heavy atom. The Bertz CT molecular complexity index is 840. The van der Waals surface area contributed by atoms with Crippen LogP contribution < -0.4 is 24.8 Å². The number of rotatable bonds is 6. The highest BCUT2D eigenvalue weighted by Crippen LogP contribution is 2.32. The predicted molar refractivity (Wildman–Crippen MR) is 122 cm³/mol. The molecule has 7 nitrogen and oxygen atoms in total. The van der Waals surface area contributed by atoms with Crippen molar-refractivity contribution in [2.75, 3.05) is 13.8 Å². The summed E-state index contributed by atoms with van der Waals surface area (Å²) >= 11 is 0. The normalized spacial score (nSPS) is 15.7. The van der Waals surface area contributed by atoms with Gasteiger partial charge in [0.05, 0.1) is 0 Å². The average molecular weight is 510 g/mol. The molecule has 29 heavy (non-hydrogen) atoms. The summed E-state index contributed by atoms with van der Waals surface area (Å²) in [7, 11) is 1.76. The average Bonchev–Trinajstić information content (AvgIpc) is 3.40. The Balaban J connectivity index is 0.00000240. The van der Waals surface area contributed by atoms with Crippen LogP contribution in [0, 0.1) is 0 Å². The van der Waals surface area contributed by atoms with E-state index in [4.69, 9.17) is 14.2 Å². The first kappa shape index (κ1) is 21.5. The molecular weight excluding hydrogens is 483 g/mol. The van der Waals surface area contributed by atoms with Gasteiger partial charge in [0.15, 0.2) is 17.5 Å². The van der Waals surface area contributed by atoms with Crippen molar-refractivity contribution < 1.29 is 14.2 Å². The molecule has 0 bridgehead atoms. The lowest BCUT2D eigenvalue weighted by Gasteiger charge is -2.14. The van der Waals surface area contributed by atoms with Crippen molar-refractivity contribution in [2.24, 2.45) is 4.99 Å². The van der Waals surface area contributed by atoms with E-state index in [1.807, 2.05) is 30.3 Å². The van der Waals surface area contributed by atoms with E-state index < -0.39 is 0 Å². The largest absolute Gasteiger partial charge is 0.474 e. The number of halogens is 1. The Hall–Kier alpha value is -2.23. The lowest BCUT2D eigenvalue weighted by atomic mass is 10.2. The van der Waals surface area contributed by atoms with Gasteiger partial charge in [0.2, 0.25) is 12.7 Å². The van der Waals surface area contributed by atoms with Crippen LogP contribution >= 0.6 is 24.0 Å². The zero-order chi connectivity index (χ0) is 19.2. The second-order valence-electron chi connectivity index (χ2n) is 6.99. The zero-order valence-corrected chi connectivity index (χ0v) is 18.8. The Morgan fingerprint density at radius 1 is 1.07 bits per heavy atom. The summed E-state index contributed by atoms with van der Waals surface area (Å²) < 4.78 is 16.8. The van der Waals surface area contributed by atoms with Gasteiger partial charge in [0.25, 0.3) is 0 Å². The molecule has 2 aliphatic rings. The SMILES string of the molecule is CN=C(NCc1ccnc(OC2CCCC2)c1)NCc1ccc2c(c1)OCO2.I. The van der Waals surface area contributed by atoms with Crippen LogP contribution in [0.2, 0.25) is 0 Å². The maximum atomic E-state index is 5.98. The predicted octanol–water partition coefficient (Wildman–Crippen LogP) is 3.61. The van der Waals surface area contributed by atoms with Crippen molar-refractivity contribution in [3.05, 3.63) is 47.7 Å². The third-order valence-corrected chi connectivity index (χ3v) is 4.97. The van der Waals surface area contributed by atoms with Crippen LogP contribution in [-0.4, -0.2) is 30.9 Å². The molecular formula is C21H27IN4O3. The molecule has 0 saturated heterocycles. The second kappa shape index (κ2) is 10.5. The Kier molecular flexibility index (Phi) is 7.79. The van der Waals surface area contributed by atoms with Gasteiger partial charge < -0.3 is 24.8 Å². The number of aromatic nitrogens is 1. The van der Waals surface area contributed by atoms with Crippen molar-refractivity contribution in [1.82, 2.24) is 15.6 Å². The third-order valence-electron chi connectivity index (χ3n) is 4.97. The number of nitrogens with zero attached hydrogens (tertiary/aromatic N) is 2. The van der Waals surface area contributed by atoms with Gasteiger partial charge in [-0.1, -0.05) is 6.07 Å². The molecule has 0 atom stereocenters. The summed E-state index contributed by atoms with van der Waals surface area (Å²) in [4.78, 5) is 8.62. The van der Waals surface area contributed by atoms with Crippen molar-refractivity contribution in [1.29, 1.82) is 0 Å². The number of ether oxygens (including phenoxy) is 3. The topological polar surface area (TPSA) is 77.0 Å². The van der Waals surface area contributed by atoms with Gasteiger partial charge in [-0.15, -0.1) is 24.0 Å². The fraction of sp³-hybridized carbons (Fsp3) is 0.429. The molecule has 2 aromatic rings. The first-order valence-electron chi connectivity index (χ1n) is 9.75. The monoisotopic (exact) mass is 510 g/mol. The second-order valence-corrected chi connectivity index (χ2v) is 6.99. The molecule has 1 saturated carbocycles. The van der Waals surface area contributed by atoms with Gasteiger partial charge in [-0.3, -0.25) is 4.99 Å². The maximum absolute atomic E-state index is 5.98. The molecule has 0 unspecified atom stereocenters. The van der Waals surface area contributed by atoms with Crippen LogP contribution in [0.15, 0.2) is 41.5 Å². The van der Waals surface area contributed by atoms with Gasteiger partial charge in [0.1, 0.15) is 6.10 Å². The quantitative estimate of drug-likeness (QED) is 0.352. The highest BCUT2D eigenvalue weighted by molar-refractivity contribution is 14.0. The Labute approximate surface area is 188 Å². The molecule has 4 rings (SSSR count). The van der Waals surface area contributed by atoms with E-state index in [0.717, 1.165) is 41.4 Å². The number of benzene rings is 1. The number of nitrogens with one attached hydrogen (secondary N) is 2. The molecule has 156 valence electrons. The smallest absolute Gasteiger partial charge is 0.231 e. The van der Waals surface area contributed by atoms with Gasteiger partial charge in [-0.25, -0.2) is 4.98 Å². The number of hydrogen-bond donors (Lipinski definition) is 2. The fourth-order valence-corrected chi connectivity index (χ4v) is 3.44. The van der Waals surface area contributed by atoms with Crippen LogP contribution in [-0.2, 0) is 13.1 Å². The summed E-state index contributed by atoms with van der Waals surface area (Å²) in [5.41, 5.74) is 2.21. The molecule has 2 N–H and O–H groups in total. The summed E-state index contributed by atoms with van der Waals surface area (Å²) in [5, 5.41) is 6.64. The van der Waals surface area contributed by atoms with E-state index in [2.05, 4.69) is 20.6 Å². The molecule has 1 aromatic carbocycles. The summed E-state index contributed by atoms with van der Waals surface area (Å²) in [6, 6.07) is 9.91. The molecule has 1 fully saturated rings. The van der Waals surface area contributed by atoms with E-state index in [1.165, 1.54) is 12.8 Å². The van der Waals surface area contributed by atoms with Crippen molar-refractivity contribution in [3.63, 3.8) is 0 Å². The van der Waals surface area contributed by atoms with Crippen molar-refractivity contribution in [2.45, 2.75) is 44.9 Å². The van der Waals surface area contributed by atoms with Crippen LogP contribution in [0.4, 0.5) is 0 Å². The molecule has 0 radical (unpaired) electrons. The molecule has 0 amide bonds. The van der Waals surface area contributed by atoms with Gasteiger partial charge in [-0.2, -0.15) is 0 Å². The third kappa shape index (κ3) is 5.88. The maximum Gasteiger partial charge on any atom is 0.231 e. The van der Waals surface area contributed by atoms with E-state index >= 15 is 0 Å². The molecule has 8 heteroatoms. The van der Waals surface area contributed by atoms with Gasteiger partial charge in [-0.05, 0) is 55.0 Å². The molecule has 1 aliphatic carbocycles. The minimum atomic E-state index is 0. The fourth-order valence-electron chi connectivity index (χ4n) is 3.44. The number of pyridine rings is 1. The highest BCUT2D eigenvalue weighted by Gasteiger charge is 2.17. The Morgan fingerprint density at radius 2 is 1.79 bits per heavy atom. The summed E-state index contributed by atoms with van der Waals surface area (Å²) in [6.45, 7) is 1.57. The standard InChI is InChI=1S/C21H26N4O3.HI/c1-22-21(24-12-15-6-7-18-19(10-15)27-14-26-18)25-13-16-8-9-23-20(11-16)28-17-4-2-3-5-17;/h6-11,17H,2-5,12-14H2,1H3,(H2,22,24,25);1H. The van der Waals surface area contributed by atoms with Gasteiger partial charge in [0, 0.05) is 32.4 Å². The minimum absolute atomic E-state index is 0. The highest BCUT2D eigenvalue weighted by atomic mass is 127. The molecule has 1 aromatic heterocycles. The van der Waals surface area contributed by atoms with E-state index in [1.54, 1.807) is 13.2 Å². The van der Waals surface area contributed by atoms with E-state index in [-0.39, 0.29) is 30.8 Å². The van der Waals surface area contributed by atoms with Crippen molar-refractivity contribution >= 4 is 29.9 Å². The zero-order valence-electron chi connectivity index (χ0n) is 16.5. The van der Waals surface area contributed by atoms with E-state index in [9.17, 15) is 0 Å². The van der Waals surface area contributed by atoms with Gasteiger partial charge >= 0.3 is 0 Å². The number of fused-ring (bicyclic) bond motifs is 1. The van der Waals surface area contributed by atoms with Crippen LogP contribution in [0.3, 0.4) is 0 Å². The first-order valence-corrected chi connectivity index (χ1v) is 9.75. The number of aliphatic imine (C=N–C) groups is 1.